The van der Waals surface area contributed by atoms with Crippen molar-refractivity contribution in [3.8, 4) is 6.07 Å². The molecule has 110 valence electrons. The molecule has 0 saturated heterocycles. The highest BCUT2D eigenvalue weighted by Gasteiger charge is 2.15. The van der Waals surface area contributed by atoms with Crippen LogP contribution in [-0.2, 0) is 6.42 Å². The zero-order valence-corrected chi connectivity index (χ0v) is 12.7. The minimum Gasteiger partial charge on any atom is -0.357 e. The van der Waals surface area contributed by atoms with Gasteiger partial charge in [-0.05, 0) is 40.3 Å². The van der Waals surface area contributed by atoms with Crippen LogP contribution in [0.25, 0.3) is 21.7 Å². The summed E-state index contributed by atoms with van der Waals surface area (Å²) in [4.78, 5) is 3.39. The highest BCUT2D eigenvalue weighted by Crippen LogP contribution is 2.27. The summed E-state index contributed by atoms with van der Waals surface area (Å²) in [5.74, 6) is -0.173. The first-order chi connectivity index (χ1) is 11.3. The number of hydrogen-bond donors (Lipinski definition) is 1. The Hall–Kier alpha value is -3.05. The van der Waals surface area contributed by atoms with Gasteiger partial charge < -0.3 is 4.98 Å². The van der Waals surface area contributed by atoms with E-state index in [9.17, 15) is 5.26 Å². The number of nitriles is 1. The van der Waals surface area contributed by atoms with Crippen molar-refractivity contribution < 1.29 is 0 Å². The van der Waals surface area contributed by atoms with E-state index in [1.807, 2.05) is 24.3 Å². The van der Waals surface area contributed by atoms with E-state index in [1.165, 1.54) is 16.3 Å². The highest BCUT2D eigenvalue weighted by atomic mass is 14.7. The fourth-order valence-electron chi connectivity index (χ4n) is 3.20. The van der Waals surface area contributed by atoms with Gasteiger partial charge in [-0.3, -0.25) is 0 Å². The molecule has 0 spiro atoms. The normalized spacial score (nSPS) is 12.3. The summed E-state index contributed by atoms with van der Waals surface area (Å²) in [6.45, 7) is 0. The van der Waals surface area contributed by atoms with Gasteiger partial charge in [-0.25, -0.2) is 0 Å². The summed E-state index contributed by atoms with van der Waals surface area (Å²) in [5, 5.41) is 13.3. The molecule has 0 radical (unpaired) electrons. The largest absolute Gasteiger partial charge is 0.357 e. The standard InChI is InChI=1S/C21H16N2/c22-14-18(21-13-17-7-2-4-11-20(17)23-21)12-16-9-5-8-15-6-1-3-10-19(15)16/h1-11,13,18,23H,12H2. The van der Waals surface area contributed by atoms with Gasteiger partial charge in [0.2, 0.25) is 0 Å². The number of para-hydroxylation sites is 1. The van der Waals surface area contributed by atoms with Crippen molar-refractivity contribution in [1.29, 1.82) is 5.26 Å². The first kappa shape index (κ1) is 13.6. The van der Waals surface area contributed by atoms with Gasteiger partial charge in [-0.15, -0.1) is 0 Å². The van der Waals surface area contributed by atoms with E-state index < -0.39 is 0 Å². The lowest BCUT2D eigenvalue weighted by Crippen LogP contribution is -2.01. The molecule has 1 heterocycles. The van der Waals surface area contributed by atoms with Crippen LogP contribution in [0, 0.1) is 11.3 Å². The van der Waals surface area contributed by atoms with Crippen molar-refractivity contribution >= 4 is 21.7 Å². The average molecular weight is 296 g/mol. The average Bonchev–Trinajstić information content (AvgIpc) is 3.03. The SMILES string of the molecule is N#CC(Cc1cccc2ccccc12)c1cc2ccccc2[nH]1. The van der Waals surface area contributed by atoms with Gasteiger partial charge in [-0.2, -0.15) is 5.26 Å². The summed E-state index contributed by atoms with van der Waals surface area (Å²) in [5.41, 5.74) is 3.29. The number of aromatic nitrogens is 1. The molecule has 2 nitrogen and oxygen atoms in total. The first-order valence-electron chi connectivity index (χ1n) is 7.79. The Morgan fingerprint density at radius 2 is 1.61 bits per heavy atom. The third kappa shape index (κ3) is 2.47. The van der Waals surface area contributed by atoms with Crippen LogP contribution in [0.1, 0.15) is 17.2 Å². The molecule has 23 heavy (non-hydrogen) atoms. The van der Waals surface area contributed by atoms with Crippen molar-refractivity contribution in [3.63, 3.8) is 0 Å². The summed E-state index contributed by atoms with van der Waals surface area (Å²) < 4.78 is 0. The molecule has 3 aromatic carbocycles. The number of H-pyrrole nitrogens is 1. The Morgan fingerprint density at radius 1 is 0.870 bits per heavy atom. The second-order valence-corrected chi connectivity index (χ2v) is 5.84. The molecular formula is C21H16N2. The van der Waals surface area contributed by atoms with Crippen LogP contribution >= 0.6 is 0 Å². The number of hydrogen-bond acceptors (Lipinski definition) is 1. The van der Waals surface area contributed by atoms with E-state index in [4.69, 9.17) is 0 Å². The Kier molecular flexibility index (Phi) is 3.33. The Morgan fingerprint density at radius 3 is 2.43 bits per heavy atom. The Labute approximate surface area is 135 Å². The second-order valence-electron chi connectivity index (χ2n) is 5.84. The number of nitrogens with zero attached hydrogens (tertiary/aromatic N) is 1. The molecule has 1 unspecified atom stereocenters. The van der Waals surface area contributed by atoms with Crippen molar-refractivity contribution in [1.82, 2.24) is 4.98 Å². The molecule has 1 N–H and O–H groups in total. The minimum absolute atomic E-state index is 0.173. The number of fused-ring (bicyclic) bond motifs is 2. The van der Waals surface area contributed by atoms with E-state index in [0.29, 0.717) is 6.42 Å². The zero-order valence-electron chi connectivity index (χ0n) is 12.7. The number of aromatic amines is 1. The maximum absolute atomic E-state index is 9.67. The van der Waals surface area contributed by atoms with Gasteiger partial charge in [0.05, 0.1) is 12.0 Å². The third-order valence-electron chi connectivity index (χ3n) is 4.39. The maximum atomic E-state index is 9.67. The molecule has 4 rings (SSSR count). The van der Waals surface area contributed by atoms with Gasteiger partial charge in [-0.1, -0.05) is 60.7 Å². The zero-order chi connectivity index (χ0) is 15.6. The molecule has 0 fully saturated rings. The van der Waals surface area contributed by atoms with Crippen LogP contribution in [0.2, 0.25) is 0 Å². The molecule has 0 saturated carbocycles. The summed E-state index contributed by atoms with van der Waals surface area (Å²) >= 11 is 0. The first-order valence-corrected chi connectivity index (χ1v) is 7.79. The summed E-state index contributed by atoms with van der Waals surface area (Å²) in [6.07, 6.45) is 0.713. The minimum atomic E-state index is -0.173. The van der Waals surface area contributed by atoms with Crippen molar-refractivity contribution in [3.05, 3.63) is 84.1 Å². The second kappa shape index (κ2) is 5.62. The van der Waals surface area contributed by atoms with Crippen molar-refractivity contribution in [2.75, 3.05) is 0 Å². The van der Waals surface area contributed by atoms with Crippen LogP contribution in [0.15, 0.2) is 72.8 Å². The van der Waals surface area contributed by atoms with Gasteiger partial charge in [0.25, 0.3) is 0 Å². The summed E-state index contributed by atoms with van der Waals surface area (Å²) in [6, 6.07) is 27.3. The lowest BCUT2D eigenvalue weighted by molar-refractivity contribution is 0.830. The number of rotatable bonds is 3. The molecule has 1 atom stereocenters. The van der Waals surface area contributed by atoms with Crippen LogP contribution in [0.4, 0.5) is 0 Å². The monoisotopic (exact) mass is 296 g/mol. The van der Waals surface area contributed by atoms with Crippen molar-refractivity contribution in [2.45, 2.75) is 12.3 Å². The Balaban J connectivity index is 1.74. The van der Waals surface area contributed by atoms with E-state index in [-0.39, 0.29) is 5.92 Å². The highest BCUT2D eigenvalue weighted by molar-refractivity contribution is 5.86. The van der Waals surface area contributed by atoms with Gasteiger partial charge >= 0.3 is 0 Å². The number of nitrogens with one attached hydrogen (secondary N) is 1. The van der Waals surface area contributed by atoms with E-state index in [1.54, 1.807) is 0 Å². The van der Waals surface area contributed by atoms with Crippen LogP contribution < -0.4 is 0 Å². The maximum Gasteiger partial charge on any atom is 0.0903 e. The molecule has 0 aliphatic heterocycles. The quantitative estimate of drug-likeness (QED) is 0.556. The van der Waals surface area contributed by atoms with Crippen molar-refractivity contribution in [2.24, 2.45) is 0 Å². The van der Waals surface area contributed by atoms with E-state index in [2.05, 4.69) is 59.6 Å². The molecule has 0 amide bonds. The van der Waals surface area contributed by atoms with E-state index >= 15 is 0 Å². The third-order valence-corrected chi connectivity index (χ3v) is 4.39. The fourth-order valence-corrected chi connectivity index (χ4v) is 3.20. The fraction of sp³-hybridized carbons (Fsp3) is 0.0952. The van der Waals surface area contributed by atoms with Crippen LogP contribution in [0.5, 0.6) is 0 Å². The lowest BCUT2D eigenvalue weighted by Gasteiger charge is -2.10. The predicted molar refractivity (Wildman–Crippen MR) is 94.3 cm³/mol. The van der Waals surface area contributed by atoms with Gasteiger partial charge in [0, 0.05) is 11.2 Å². The van der Waals surface area contributed by atoms with Crippen LogP contribution in [0.3, 0.4) is 0 Å². The molecule has 4 aromatic rings. The molecular weight excluding hydrogens is 280 g/mol. The summed E-state index contributed by atoms with van der Waals surface area (Å²) in [7, 11) is 0. The molecule has 0 bridgehead atoms. The molecule has 1 aromatic heterocycles. The van der Waals surface area contributed by atoms with Gasteiger partial charge in [0.15, 0.2) is 0 Å². The molecule has 0 aliphatic rings. The number of benzene rings is 3. The molecule has 0 aliphatic carbocycles. The van der Waals surface area contributed by atoms with Gasteiger partial charge in [0.1, 0.15) is 0 Å². The predicted octanol–water partition coefficient (Wildman–Crippen LogP) is 5.17. The van der Waals surface area contributed by atoms with E-state index in [0.717, 1.165) is 16.6 Å². The van der Waals surface area contributed by atoms with Crippen LogP contribution in [-0.4, -0.2) is 4.98 Å². The smallest absolute Gasteiger partial charge is 0.0903 e. The molecule has 2 heteroatoms. The Bertz CT molecular complexity index is 982. The lowest BCUT2D eigenvalue weighted by atomic mass is 9.93. The topological polar surface area (TPSA) is 39.6 Å².